The summed E-state index contributed by atoms with van der Waals surface area (Å²) in [4.78, 5) is 13.4. The molecule has 9 atom stereocenters. The van der Waals surface area contributed by atoms with Gasteiger partial charge in [0.2, 0.25) is 0 Å². The molecule has 1 aromatic rings. The van der Waals surface area contributed by atoms with E-state index in [0.29, 0.717) is 11.8 Å². The molecule has 4 aliphatic rings. The van der Waals surface area contributed by atoms with Crippen molar-refractivity contribution in [2.24, 2.45) is 52.8 Å². The van der Waals surface area contributed by atoms with Crippen molar-refractivity contribution >= 4 is 5.78 Å². The molecule has 4 saturated carbocycles. The Morgan fingerprint density at radius 1 is 1.09 bits per heavy atom. The van der Waals surface area contributed by atoms with E-state index in [0.717, 1.165) is 48.5 Å². The van der Waals surface area contributed by atoms with Gasteiger partial charge in [-0.1, -0.05) is 27.2 Å². The Labute approximate surface area is 189 Å². The van der Waals surface area contributed by atoms with Crippen LogP contribution in [-0.4, -0.2) is 15.6 Å². The van der Waals surface area contributed by atoms with Gasteiger partial charge in [0.15, 0.2) is 11.5 Å². The Bertz CT molecular complexity index is 863. The van der Waals surface area contributed by atoms with Gasteiger partial charge in [-0.3, -0.25) is 9.48 Å². The monoisotopic (exact) mass is 450 g/mol. The number of aromatic nitrogens is 2. The molecule has 0 N–H and O–H groups in total. The molecule has 2 unspecified atom stereocenters. The van der Waals surface area contributed by atoms with E-state index in [1.165, 1.54) is 49.4 Å². The number of ketones is 1. The number of alkyl halides is 3. The van der Waals surface area contributed by atoms with E-state index in [2.05, 4.69) is 25.9 Å². The van der Waals surface area contributed by atoms with Crippen LogP contribution < -0.4 is 0 Å². The van der Waals surface area contributed by atoms with Gasteiger partial charge < -0.3 is 0 Å². The third-order valence-corrected chi connectivity index (χ3v) is 10.2. The fraction of sp³-hybridized carbons (Fsp3) is 0.846. The Hall–Kier alpha value is -1.33. The van der Waals surface area contributed by atoms with Crippen LogP contribution in [0.25, 0.3) is 0 Å². The number of nitrogens with zero attached hydrogens (tertiary/aromatic N) is 2. The standard InChI is InChI=1S/C26H37F3N2O/c1-15-4-6-18-17(12-15)5-7-20-19(18)8-10-25(3)21(13-16(2)24(20)25)22(32)14-31-11-9-23(30-31)26(27,28)29/h9,11,15-21,24H,4-8,10,12-14H2,1-3H3/t15-,16+,17+,18-,19?,20+,21+,24?,25+/m0/s1. The molecule has 4 aliphatic carbocycles. The first kappa shape index (κ1) is 22.5. The predicted octanol–water partition coefficient (Wildman–Crippen LogP) is 6.62. The first-order valence-corrected chi connectivity index (χ1v) is 12.7. The molecule has 178 valence electrons. The number of carbonyl (C=O) groups excluding carboxylic acids is 1. The first-order valence-electron chi connectivity index (χ1n) is 12.7. The summed E-state index contributed by atoms with van der Waals surface area (Å²) in [6.07, 6.45) is 6.82. The number of halogens is 3. The molecule has 0 saturated heterocycles. The Kier molecular flexibility index (Phi) is 5.52. The van der Waals surface area contributed by atoms with Gasteiger partial charge >= 0.3 is 6.18 Å². The van der Waals surface area contributed by atoms with Crippen molar-refractivity contribution in [3.63, 3.8) is 0 Å². The number of Topliss-reactive ketones (excluding diaryl/α,β-unsaturated/α-hetero) is 1. The van der Waals surface area contributed by atoms with Gasteiger partial charge in [-0.25, -0.2) is 0 Å². The van der Waals surface area contributed by atoms with Crippen LogP contribution in [0.3, 0.4) is 0 Å². The molecule has 3 nitrogen and oxygen atoms in total. The quantitative estimate of drug-likeness (QED) is 0.519. The molecule has 4 fully saturated rings. The van der Waals surface area contributed by atoms with Crippen LogP contribution in [0.2, 0.25) is 0 Å². The molecule has 1 aromatic heterocycles. The normalized spacial score (nSPS) is 43.9. The highest BCUT2D eigenvalue weighted by molar-refractivity contribution is 5.82. The van der Waals surface area contributed by atoms with Crippen molar-refractivity contribution in [2.75, 3.05) is 0 Å². The Morgan fingerprint density at radius 2 is 1.84 bits per heavy atom. The van der Waals surface area contributed by atoms with Crippen LogP contribution in [0.15, 0.2) is 12.3 Å². The van der Waals surface area contributed by atoms with Gasteiger partial charge in [0, 0.05) is 12.1 Å². The maximum absolute atomic E-state index is 13.4. The molecule has 6 heteroatoms. The second-order valence-corrected chi connectivity index (χ2v) is 11.9. The van der Waals surface area contributed by atoms with Gasteiger partial charge in [-0.05, 0) is 97.9 Å². The third-order valence-electron chi connectivity index (χ3n) is 10.2. The van der Waals surface area contributed by atoms with Gasteiger partial charge in [0.25, 0.3) is 0 Å². The summed E-state index contributed by atoms with van der Waals surface area (Å²) in [5, 5.41) is 3.63. The van der Waals surface area contributed by atoms with Crippen LogP contribution in [0.4, 0.5) is 13.2 Å². The Morgan fingerprint density at radius 3 is 2.56 bits per heavy atom. The highest BCUT2D eigenvalue weighted by atomic mass is 19.4. The fourth-order valence-electron chi connectivity index (χ4n) is 9.00. The molecule has 0 aliphatic heterocycles. The largest absolute Gasteiger partial charge is 0.435 e. The average molecular weight is 451 g/mol. The maximum Gasteiger partial charge on any atom is 0.435 e. The summed E-state index contributed by atoms with van der Waals surface area (Å²) >= 11 is 0. The van der Waals surface area contributed by atoms with E-state index in [9.17, 15) is 18.0 Å². The fourth-order valence-corrected chi connectivity index (χ4v) is 9.00. The summed E-state index contributed by atoms with van der Waals surface area (Å²) in [6, 6.07) is 0.962. The summed E-state index contributed by atoms with van der Waals surface area (Å²) in [6.45, 7) is 7.00. The van der Waals surface area contributed by atoms with E-state index >= 15 is 0 Å². The van der Waals surface area contributed by atoms with E-state index in [1.807, 2.05) is 0 Å². The maximum atomic E-state index is 13.4. The number of rotatable bonds is 3. The minimum Gasteiger partial charge on any atom is -0.297 e. The molecule has 32 heavy (non-hydrogen) atoms. The molecule has 0 spiro atoms. The number of fused-ring (bicyclic) bond motifs is 5. The second-order valence-electron chi connectivity index (χ2n) is 11.9. The zero-order valence-electron chi connectivity index (χ0n) is 19.6. The summed E-state index contributed by atoms with van der Waals surface area (Å²) < 4.78 is 39.9. The van der Waals surface area contributed by atoms with Crippen molar-refractivity contribution in [3.05, 3.63) is 18.0 Å². The minimum atomic E-state index is -4.47. The highest BCUT2D eigenvalue weighted by Gasteiger charge is 2.60. The number of carbonyl (C=O) groups is 1. The topological polar surface area (TPSA) is 34.9 Å². The van der Waals surface area contributed by atoms with Crippen molar-refractivity contribution in [1.82, 2.24) is 9.78 Å². The smallest absolute Gasteiger partial charge is 0.297 e. The predicted molar refractivity (Wildman–Crippen MR) is 117 cm³/mol. The zero-order valence-corrected chi connectivity index (χ0v) is 19.6. The third kappa shape index (κ3) is 3.64. The number of hydrogen-bond donors (Lipinski definition) is 0. The molecule has 0 radical (unpaired) electrons. The molecule has 0 bridgehead atoms. The van der Waals surface area contributed by atoms with Crippen molar-refractivity contribution in [1.29, 1.82) is 0 Å². The van der Waals surface area contributed by atoms with Gasteiger partial charge in [-0.2, -0.15) is 18.3 Å². The van der Waals surface area contributed by atoms with Crippen molar-refractivity contribution < 1.29 is 18.0 Å². The van der Waals surface area contributed by atoms with Crippen LogP contribution in [-0.2, 0) is 17.5 Å². The average Bonchev–Trinajstić information content (AvgIpc) is 3.29. The van der Waals surface area contributed by atoms with Crippen LogP contribution in [0, 0.1) is 52.8 Å². The van der Waals surface area contributed by atoms with Gasteiger partial charge in [0.1, 0.15) is 0 Å². The molecule has 1 heterocycles. The van der Waals surface area contributed by atoms with Crippen LogP contribution in [0.5, 0.6) is 0 Å². The minimum absolute atomic E-state index is 0.0214. The summed E-state index contributed by atoms with van der Waals surface area (Å²) in [7, 11) is 0. The lowest BCUT2D eigenvalue weighted by atomic mass is 9.48. The van der Waals surface area contributed by atoms with Crippen LogP contribution in [0.1, 0.15) is 77.8 Å². The van der Waals surface area contributed by atoms with E-state index in [-0.39, 0.29) is 23.7 Å². The summed E-state index contributed by atoms with van der Waals surface area (Å²) in [5.74, 6) is 5.26. The lowest BCUT2D eigenvalue weighted by Crippen LogP contribution is -2.50. The first-order chi connectivity index (χ1) is 15.1. The van der Waals surface area contributed by atoms with Crippen LogP contribution >= 0.6 is 0 Å². The van der Waals surface area contributed by atoms with Gasteiger partial charge in [0.05, 0.1) is 6.54 Å². The van der Waals surface area contributed by atoms with Gasteiger partial charge in [-0.15, -0.1) is 0 Å². The summed E-state index contributed by atoms with van der Waals surface area (Å²) in [5.41, 5.74) is -0.944. The molecule has 5 rings (SSSR count). The van der Waals surface area contributed by atoms with E-state index in [1.54, 1.807) is 0 Å². The molecule has 0 aromatic carbocycles. The molecular formula is C26H37F3N2O. The lowest BCUT2D eigenvalue weighted by molar-refractivity contribution is -0.142. The molecule has 0 amide bonds. The zero-order chi connectivity index (χ0) is 22.8. The highest BCUT2D eigenvalue weighted by Crippen LogP contribution is 2.66. The van der Waals surface area contributed by atoms with E-state index in [4.69, 9.17) is 0 Å². The molecular weight excluding hydrogens is 413 g/mol. The lowest BCUT2D eigenvalue weighted by Gasteiger charge is -2.56. The number of hydrogen-bond acceptors (Lipinski definition) is 2. The van der Waals surface area contributed by atoms with E-state index < -0.39 is 11.9 Å². The SMILES string of the molecule is C[C@H]1CC[C@@H]2C3CC[C@@]4(C)C([C@@H]3CC[C@@H]2C1)[C@H](C)C[C@@H]4C(=O)Cn1ccc(C(F)(F)F)n1. The second kappa shape index (κ2) is 7.87. The Balaban J connectivity index is 1.33. The van der Waals surface area contributed by atoms with Crippen molar-refractivity contribution in [2.45, 2.75) is 84.9 Å². The van der Waals surface area contributed by atoms with Crippen molar-refractivity contribution in [3.8, 4) is 0 Å².